The molecule has 0 atom stereocenters. The topological polar surface area (TPSA) is 73.2 Å². The Morgan fingerprint density at radius 1 is 1.11 bits per heavy atom. The first-order valence-electron chi connectivity index (χ1n) is 8.84. The summed E-state index contributed by atoms with van der Waals surface area (Å²) in [5.74, 6) is 1.00. The summed E-state index contributed by atoms with van der Waals surface area (Å²) in [7, 11) is 1.63. The van der Waals surface area contributed by atoms with Gasteiger partial charge in [0.05, 0.1) is 12.9 Å². The van der Waals surface area contributed by atoms with Crippen LogP contribution in [0.2, 0.25) is 0 Å². The second-order valence-corrected chi connectivity index (χ2v) is 6.91. The summed E-state index contributed by atoms with van der Waals surface area (Å²) in [6.07, 6.45) is 3.99. The van der Waals surface area contributed by atoms with Gasteiger partial charge in [0.15, 0.2) is 10.9 Å². The van der Waals surface area contributed by atoms with Crippen LogP contribution >= 0.6 is 11.8 Å². The van der Waals surface area contributed by atoms with Crippen LogP contribution in [0.3, 0.4) is 0 Å². The van der Waals surface area contributed by atoms with Crippen LogP contribution in [0.1, 0.15) is 23.7 Å². The first kappa shape index (κ1) is 19.7. The number of nitrogens with zero attached hydrogens (tertiary/aromatic N) is 2. The van der Waals surface area contributed by atoms with Crippen molar-refractivity contribution in [2.75, 3.05) is 18.2 Å². The van der Waals surface area contributed by atoms with Crippen LogP contribution in [-0.2, 0) is 4.79 Å². The molecule has 28 heavy (non-hydrogen) atoms. The standard InChI is InChI=1S/C21H21N3O3S/c1-3-20(26)23-16-6-4-15(5-7-16)19(25)14-28-21-22-12-13-24(21)17-8-10-18(27-2)11-9-17/h4-13H,3,14H2,1-2H3,(H,23,26). The van der Waals surface area contributed by atoms with Crippen LogP contribution in [0.5, 0.6) is 5.75 Å². The van der Waals surface area contributed by atoms with Crippen molar-refractivity contribution in [2.24, 2.45) is 0 Å². The Bertz CT molecular complexity index is 950. The zero-order valence-electron chi connectivity index (χ0n) is 15.7. The number of hydrogen-bond acceptors (Lipinski definition) is 5. The van der Waals surface area contributed by atoms with Crippen molar-refractivity contribution in [1.82, 2.24) is 9.55 Å². The molecular formula is C21H21N3O3S. The molecule has 7 heteroatoms. The number of ketones is 1. The molecule has 0 aliphatic heterocycles. The third kappa shape index (κ3) is 4.80. The molecule has 0 fully saturated rings. The largest absolute Gasteiger partial charge is 0.497 e. The highest BCUT2D eigenvalue weighted by Crippen LogP contribution is 2.23. The maximum atomic E-state index is 12.5. The molecule has 144 valence electrons. The minimum absolute atomic E-state index is 0.00245. The summed E-state index contributed by atoms with van der Waals surface area (Å²) < 4.78 is 7.11. The summed E-state index contributed by atoms with van der Waals surface area (Å²) in [6, 6.07) is 14.6. The number of carbonyl (C=O) groups is 2. The number of aromatic nitrogens is 2. The van der Waals surface area contributed by atoms with E-state index in [-0.39, 0.29) is 17.4 Å². The highest BCUT2D eigenvalue weighted by atomic mass is 32.2. The van der Waals surface area contributed by atoms with E-state index < -0.39 is 0 Å². The van der Waals surface area contributed by atoms with E-state index in [4.69, 9.17) is 4.74 Å². The lowest BCUT2D eigenvalue weighted by molar-refractivity contribution is -0.115. The van der Waals surface area contributed by atoms with Crippen LogP contribution in [-0.4, -0.2) is 34.1 Å². The highest BCUT2D eigenvalue weighted by Gasteiger charge is 2.11. The van der Waals surface area contributed by atoms with Crippen LogP contribution in [0.25, 0.3) is 5.69 Å². The number of thioether (sulfide) groups is 1. The minimum Gasteiger partial charge on any atom is -0.497 e. The predicted octanol–water partition coefficient (Wildman–Crippen LogP) is 4.20. The number of nitrogens with one attached hydrogen (secondary N) is 1. The lowest BCUT2D eigenvalue weighted by Gasteiger charge is -2.08. The zero-order valence-corrected chi connectivity index (χ0v) is 16.5. The van der Waals surface area contributed by atoms with Gasteiger partial charge in [-0.25, -0.2) is 4.98 Å². The predicted molar refractivity (Wildman–Crippen MR) is 111 cm³/mol. The van der Waals surface area contributed by atoms with E-state index in [9.17, 15) is 9.59 Å². The maximum absolute atomic E-state index is 12.5. The number of ether oxygens (including phenoxy) is 1. The first-order valence-corrected chi connectivity index (χ1v) is 9.83. The van der Waals surface area contributed by atoms with Gasteiger partial charge in [-0.05, 0) is 48.5 Å². The van der Waals surface area contributed by atoms with Gasteiger partial charge in [-0.2, -0.15) is 0 Å². The van der Waals surface area contributed by atoms with E-state index in [0.717, 1.165) is 16.6 Å². The van der Waals surface area contributed by atoms with E-state index in [2.05, 4.69) is 10.3 Å². The van der Waals surface area contributed by atoms with E-state index in [1.54, 1.807) is 44.5 Å². The number of benzene rings is 2. The third-order valence-corrected chi connectivity index (χ3v) is 5.07. The highest BCUT2D eigenvalue weighted by molar-refractivity contribution is 7.99. The average Bonchev–Trinajstić information content (AvgIpc) is 3.21. The molecule has 1 aromatic heterocycles. The number of rotatable bonds is 8. The molecule has 0 aliphatic rings. The molecule has 1 heterocycles. The minimum atomic E-state index is -0.0556. The van der Waals surface area contributed by atoms with E-state index in [1.165, 1.54) is 11.8 Å². The second-order valence-electron chi connectivity index (χ2n) is 5.97. The molecule has 0 aliphatic carbocycles. The summed E-state index contributed by atoms with van der Waals surface area (Å²) in [5.41, 5.74) is 2.24. The lowest BCUT2D eigenvalue weighted by atomic mass is 10.1. The van der Waals surface area contributed by atoms with Crippen molar-refractivity contribution in [3.63, 3.8) is 0 Å². The van der Waals surface area contributed by atoms with Crippen molar-refractivity contribution in [3.8, 4) is 11.4 Å². The Morgan fingerprint density at radius 3 is 2.46 bits per heavy atom. The van der Waals surface area contributed by atoms with Gasteiger partial charge >= 0.3 is 0 Å². The van der Waals surface area contributed by atoms with Crippen LogP contribution in [0.15, 0.2) is 66.1 Å². The smallest absolute Gasteiger partial charge is 0.224 e. The number of hydrogen-bond donors (Lipinski definition) is 1. The Balaban J connectivity index is 1.63. The van der Waals surface area contributed by atoms with Crippen LogP contribution < -0.4 is 10.1 Å². The van der Waals surface area contributed by atoms with E-state index in [0.29, 0.717) is 17.7 Å². The molecule has 2 aromatic carbocycles. The van der Waals surface area contributed by atoms with Gasteiger partial charge in [-0.3, -0.25) is 14.2 Å². The lowest BCUT2D eigenvalue weighted by Crippen LogP contribution is -2.10. The van der Waals surface area contributed by atoms with E-state index in [1.807, 2.05) is 35.0 Å². The summed E-state index contributed by atoms with van der Waals surface area (Å²) >= 11 is 1.38. The molecular weight excluding hydrogens is 374 g/mol. The summed E-state index contributed by atoms with van der Waals surface area (Å²) in [5, 5.41) is 3.51. The second kappa shape index (κ2) is 9.23. The van der Waals surface area contributed by atoms with Crippen molar-refractivity contribution in [3.05, 3.63) is 66.5 Å². The molecule has 0 bridgehead atoms. The maximum Gasteiger partial charge on any atom is 0.224 e. The van der Waals surface area contributed by atoms with E-state index >= 15 is 0 Å². The average molecular weight is 395 g/mol. The molecule has 0 radical (unpaired) electrons. The summed E-state index contributed by atoms with van der Waals surface area (Å²) in [4.78, 5) is 28.3. The van der Waals surface area contributed by atoms with Gasteiger partial charge in [0, 0.05) is 35.8 Å². The molecule has 1 N–H and O–H groups in total. The zero-order chi connectivity index (χ0) is 19.9. The quantitative estimate of drug-likeness (QED) is 0.457. The van der Waals surface area contributed by atoms with Crippen LogP contribution in [0, 0.1) is 0 Å². The van der Waals surface area contributed by atoms with Crippen LogP contribution in [0.4, 0.5) is 5.69 Å². The van der Waals surface area contributed by atoms with Gasteiger partial charge < -0.3 is 10.1 Å². The van der Waals surface area contributed by atoms with Gasteiger partial charge in [0.2, 0.25) is 5.91 Å². The fourth-order valence-electron chi connectivity index (χ4n) is 2.54. The fraction of sp³-hybridized carbons (Fsp3) is 0.190. The SMILES string of the molecule is CCC(=O)Nc1ccc(C(=O)CSc2nccn2-c2ccc(OC)cc2)cc1. The van der Waals surface area contributed by atoms with Crippen molar-refractivity contribution < 1.29 is 14.3 Å². The van der Waals surface area contributed by atoms with Crippen molar-refractivity contribution in [2.45, 2.75) is 18.5 Å². The molecule has 0 saturated heterocycles. The molecule has 1 amide bonds. The Hall–Kier alpha value is -3.06. The number of amides is 1. The van der Waals surface area contributed by atoms with Crippen molar-refractivity contribution >= 4 is 29.1 Å². The molecule has 3 aromatic rings. The van der Waals surface area contributed by atoms with Gasteiger partial charge in [-0.15, -0.1) is 0 Å². The number of anilines is 1. The Labute approximate surface area is 167 Å². The number of carbonyl (C=O) groups excluding carboxylic acids is 2. The third-order valence-electron chi connectivity index (χ3n) is 4.10. The Kier molecular flexibility index (Phi) is 6.49. The molecule has 6 nitrogen and oxygen atoms in total. The Morgan fingerprint density at radius 2 is 1.82 bits per heavy atom. The monoisotopic (exact) mass is 395 g/mol. The number of imidazole rings is 1. The normalized spacial score (nSPS) is 10.5. The first-order chi connectivity index (χ1) is 13.6. The fourth-order valence-corrected chi connectivity index (χ4v) is 3.41. The molecule has 3 rings (SSSR count). The van der Waals surface area contributed by atoms with Gasteiger partial charge in [-0.1, -0.05) is 18.7 Å². The van der Waals surface area contributed by atoms with Crippen molar-refractivity contribution in [1.29, 1.82) is 0 Å². The summed E-state index contributed by atoms with van der Waals surface area (Å²) in [6.45, 7) is 1.79. The number of Topliss-reactive ketones (excluding diaryl/α,β-unsaturated/α-hetero) is 1. The molecule has 0 spiro atoms. The molecule has 0 unspecified atom stereocenters. The molecule has 0 saturated carbocycles. The number of methoxy groups -OCH3 is 1. The van der Waals surface area contributed by atoms with Gasteiger partial charge in [0.1, 0.15) is 5.75 Å². The van der Waals surface area contributed by atoms with Gasteiger partial charge in [0.25, 0.3) is 0 Å².